The number of benzene rings is 1. The molecule has 0 aromatic heterocycles. The second-order valence-electron chi connectivity index (χ2n) is 3.55. The number of rotatable bonds is 4. The van der Waals surface area contributed by atoms with Crippen LogP contribution in [0.1, 0.15) is 25.5 Å². The highest BCUT2D eigenvalue weighted by Gasteiger charge is 2.10. The smallest absolute Gasteiger partial charge is 0.0453 e. The molecule has 2 nitrogen and oxygen atoms in total. The highest BCUT2D eigenvalue weighted by molar-refractivity contribution is 6.31. The Morgan fingerprint density at radius 2 is 2.00 bits per heavy atom. The first-order valence-corrected chi connectivity index (χ1v) is 5.23. The standard InChI is InChI=1S/C11H17ClN2/c1-8(7-13)14-9(2)10-5-3-4-6-11(10)12/h3-6,8-9,14H,7,13H2,1-2H3/t8?,9-/m1/s1. The van der Waals surface area contributed by atoms with Crippen molar-refractivity contribution in [3.63, 3.8) is 0 Å². The first-order valence-electron chi connectivity index (χ1n) is 4.85. The van der Waals surface area contributed by atoms with Crippen molar-refractivity contribution in [2.75, 3.05) is 6.54 Å². The quantitative estimate of drug-likeness (QED) is 0.804. The molecule has 0 fully saturated rings. The Morgan fingerprint density at radius 3 is 2.57 bits per heavy atom. The van der Waals surface area contributed by atoms with Crippen LogP contribution < -0.4 is 11.1 Å². The van der Waals surface area contributed by atoms with Gasteiger partial charge < -0.3 is 11.1 Å². The number of nitrogens with one attached hydrogen (secondary N) is 1. The van der Waals surface area contributed by atoms with Gasteiger partial charge >= 0.3 is 0 Å². The van der Waals surface area contributed by atoms with Gasteiger partial charge in [-0.05, 0) is 25.5 Å². The van der Waals surface area contributed by atoms with Crippen molar-refractivity contribution in [2.24, 2.45) is 5.73 Å². The minimum atomic E-state index is 0.238. The second-order valence-corrected chi connectivity index (χ2v) is 3.95. The van der Waals surface area contributed by atoms with Crippen LogP contribution in [-0.4, -0.2) is 12.6 Å². The van der Waals surface area contributed by atoms with Gasteiger partial charge in [0.15, 0.2) is 0 Å². The number of halogens is 1. The first kappa shape index (κ1) is 11.5. The summed E-state index contributed by atoms with van der Waals surface area (Å²) in [7, 11) is 0. The molecule has 1 aromatic rings. The van der Waals surface area contributed by atoms with E-state index in [1.165, 1.54) is 0 Å². The molecule has 3 N–H and O–H groups in total. The summed E-state index contributed by atoms with van der Waals surface area (Å²) >= 11 is 6.07. The van der Waals surface area contributed by atoms with Crippen molar-refractivity contribution in [3.8, 4) is 0 Å². The van der Waals surface area contributed by atoms with E-state index in [0.717, 1.165) is 10.6 Å². The van der Waals surface area contributed by atoms with Crippen LogP contribution in [-0.2, 0) is 0 Å². The maximum atomic E-state index is 6.07. The third-order valence-corrected chi connectivity index (χ3v) is 2.60. The van der Waals surface area contributed by atoms with E-state index in [-0.39, 0.29) is 6.04 Å². The van der Waals surface area contributed by atoms with Crippen LogP contribution in [0.4, 0.5) is 0 Å². The topological polar surface area (TPSA) is 38.0 Å². The van der Waals surface area contributed by atoms with Crippen LogP contribution >= 0.6 is 11.6 Å². The Balaban J connectivity index is 2.69. The van der Waals surface area contributed by atoms with Gasteiger partial charge in [0, 0.05) is 23.7 Å². The molecule has 1 aromatic carbocycles. The summed E-state index contributed by atoms with van der Waals surface area (Å²) in [4.78, 5) is 0. The van der Waals surface area contributed by atoms with E-state index < -0.39 is 0 Å². The number of hydrogen-bond donors (Lipinski definition) is 2. The molecule has 0 saturated heterocycles. The molecule has 0 amide bonds. The van der Waals surface area contributed by atoms with Crippen LogP contribution in [0.3, 0.4) is 0 Å². The summed E-state index contributed by atoms with van der Waals surface area (Å²) < 4.78 is 0. The molecule has 2 atom stereocenters. The fourth-order valence-corrected chi connectivity index (χ4v) is 1.71. The molecule has 0 saturated carbocycles. The van der Waals surface area contributed by atoms with Crippen LogP contribution in [0.5, 0.6) is 0 Å². The second kappa shape index (κ2) is 5.35. The molecule has 1 unspecified atom stereocenters. The molecule has 78 valence electrons. The minimum Gasteiger partial charge on any atom is -0.329 e. The van der Waals surface area contributed by atoms with Gasteiger partial charge in [0.1, 0.15) is 0 Å². The lowest BCUT2D eigenvalue weighted by molar-refractivity contribution is 0.485. The number of hydrogen-bond acceptors (Lipinski definition) is 2. The van der Waals surface area contributed by atoms with Crippen molar-refractivity contribution >= 4 is 11.6 Å². The molecule has 14 heavy (non-hydrogen) atoms. The normalized spacial score (nSPS) is 15.1. The average molecular weight is 213 g/mol. The summed E-state index contributed by atoms with van der Waals surface area (Å²) in [6.07, 6.45) is 0. The highest BCUT2D eigenvalue weighted by atomic mass is 35.5. The van der Waals surface area contributed by atoms with Crippen molar-refractivity contribution in [1.29, 1.82) is 0 Å². The molecule has 0 aliphatic rings. The maximum absolute atomic E-state index is 6.07. The van der Waals surface area contributed by atoms with Gasteiger partial charge in [0.05, 0.1) is 0 Å². The third-order valence-electron chi connectivity index (χ3n) is 2.26. The summed E-state index contributed by atoms with van der Waals surface area (Å²) in [5, 5.41) is 4.18. The largest absolute Gasteiger partial charge is 0.329 e. The van der Waals surface area contributed by atoms with E-state index in [0.29, 0.717) is 12.6 Å². The molecule has 1 rings (SSSR count). The van der Waals surface area contributed by atoms with Gasteiger partial charge in [-0.1, -0.05) is 29.8 Å². The molecule has 3 heteroatoms. The van der Waals surface area contributed by atoms with Crippen LogP contribution in [0.15, 0.2) is 24.3 Å². The minimum absolute atomic E-state index is 0.238. The molecule has 0 bridgehead atoms. The zero-order valence-electron chi connectivity index (χ0n) is 8.63. The van der Waals surface area contributed by atoms with Crippen molar-refractivity contribution in [2.45, 2.75) is 25.9 Å². The van der Waals surface area contributed by atoms with E-state index in [1.54, 1.807) is 0 Å². The zero-order chi connectivity index (χ0) is 10.6. The van der Waals surface area contributed by atoms with Crippen molar-refractivity contribution < 1.29 is 0 Å². The summed E-state index contributed by atoms with van der Waals surface area (Å²) in [6, 6.07) is 8.41. The molecule has 0 spiro atoms. The lowest BCUT2D eigenvalue weighted by Gasteiger charge is -2.19. The molecular weight excluding hydrogens is 196 g/mol. The molecular formula is C11H17ClN2. The lowest BCUT2D eigenvalue weighted by atomic mass is 10.1. The van der Waals surface area contributed by atoms with E-state index >= 15 is 0 Å². The molecule has 0 radical (unpaired) electrons. The van der Waals surface area contributed by atoms with Crippen LogP contribution in [0.2, 0.25) is 5.02 Å². The van der Waals surface area contributed by atoms with E-state index in [2.05, 4.69) is 19.2 Å². The van der Waals surface area contributed by atoms with Gasteiger partial charge in [-0.2, -0.15) is 0 Å². The van der Waals surface area contributed by atoms with Gasteiger partial charge in [-0.3, -0.25) is 0 Å². The predicted octanol–water partition coefficient (Wildman–Crippen LogP) is 2.34. The Morgan fingerprint density at radius 1 is 1.36 bits per heavy atom. The van der Waals surface area contributed by atoms with Crippen LogP contribution in [0, 0.1) is 0 Å². The monoisotopic (exact) mass is 212 g/mol. The lowest BCUT2D eigenvalue weighted by Crippen LogP contribution is -2.35. The summed E-state index contributed by atoms with van der Waals surface area (Å²) in [5.41, 5.74) is 6.66. The van der Waals surface area contributed by atoms with Crippen molar-refractivity contribution in [3.05, 3.63) is 34.9 Å². The maximum Gasteiger partial charge on any atom is 0.0453 e. The van der Waals surface area contributed by atoms with Gasteiger partial charge in [-0.15, -0.1) is 0 Å². The van der Waals surface area contributed by atoms with E-state index in [1.807, 2.05) is 24.3 Å². The molecule has 0 heterocycles. The summed E-state index contributed by atoms with van der Waals surface area (Å²) in [5.74, 6) is 0. The summed E-state index contributed by atoms with van der Waals surface area (Å²) in [6.45, 7) is 4.79. The fraction of sp³-hybridized carbons (Fsp3) is 0.455. The van der Waals surface area contributed by atoms with Gasteiger partial charge in [-0.25, -0.2) is 0 Å². The zero-order valence-corrected chi connectivity index (χ0v) is 9.38. The first-order chi connectivity index (χ1) is 6.65. The van der Waals surface area contributed by atoms with Crippen molar-refractivity contribution in [1.82, 2.24) is 5.32 Å². The van der Waals surface area contributed by atoms with Crippen LogP contribution in [0.25, 0.3) is 0 Å². The molecule has 0 aliphatic heterocycles. The fourth-order valence-electron chi connectivity index (χ4n) is 1.41. The van der Waals surface area contributed by atoms with Gasteiger partial charge in [0.2, 0.25) is 0 Å². The highest BCUT2D eigenvalue weighted by Crippen LogP contribution is 2.22. The number of nitrogens with two attached hydrogens (primary N) is 1. The Kier molecular flexibility index (Phi) is 4.39. The SMILES string of the molecule is CC(CN)N[C@H](C)c1ccccc1Cl. The van der Waals surface area contributed by atoms with Gasteiger partial charge in [0.25, 0.3) is 0 Å². The predicted molar refractivity (Wildman–Crippen MR) is 61.5 cm³/mol. The van der Waals surface area contributed by atoms with E-state index in [9.17, 15) is 0 Å². The average Bonchev–Trinajstić information content (AvgIpc) is 2.18. The Bertz CT molecular complexity index is 288. The van der Waals surface area contributed by atoms with E-state index in [4.69, 9.17) is 17.3 Å². The molecule has 0 aliphatic carbocycles. The Labute approximate surface area is 90.4 Å². The Hall–Kier alpha value is -0.570. The third kappa shape index (κ3) is 2.98.